The van der Waals surface area contributed by atoms with E-state index < -0.39 is 5.97 Å². The fourth-order valence-corrected chi connectivity index (χ4v) is 2.97. The first-order valence-corrected chi connectivity index (χ1v) is 5.83. The maximum absolute atomic E-state index is 11.7. The van der Waals surface area contributed by atoms with Crippen LogP contribution in [0.15, 0.2) is 22.8 Å². The molecule has 5 nitrogen and oxygen atoms in total. The lowest BCUT2D eigenvalue weighted by atomic mass is 10.0. The number of aliphatic carboxylic acids is 1. The second kappa shape index (κ2) is 3.11. The summed E-state index contributed by atoms with van der Waals surface area (Å²) in [6.45, 7) is 1.94. The average molecular weight is 239 g/mol. The number of amides is 1. The SMILES string of the molecule is CC1OC1/C=C1/C(=O)N2C(C(=O)O)=CSC12. The lowest BCUT2D eigenvalue weighted by molar-refractivity contribution is -0.141. The van der Waals surface area contributed by atoms with Crippen molar-refractivity contribution in [1.82, 2.24) is 4.90 Å². The Kier molecular flexibility index (Phi) is 1.93. The van der Waals surface area contributed by atoms with Crippen LogP contribution in [-0.4, -0.2) is 39.5 Å². The molecule has 0 aromatic heterocycles. The topological polar surface area (TPSA) is 70.1 Å². The molecule has 0 radical (unpaired) electrons. The van der Waals surface area contributed by atoms with Gasteiger partial charge in [-0.2, -0.15) is 0 Å². The molecule has 0 aromatic carbocycles. The van der Waals surface area contributed by atoms with Crippen molar-refractivity contribution in [3.8, 4) is 0 Å². The van der Waals surface area contributed by atoms with E-state index in [0.29, 0.717) is 5.57 Å². The second-order valence-corrected chi connectivity index (χ2v) is 4.85. The van der Waals surface area contributed by atoms with Crippen LogP contribution in [0.3, 0.4) is 0 Å². The largest absolute Gasteiger partial charge is 0.477 e. The maximum atomic E-state index is 11.7. The van der Waals surface area contributed by atoms with Gasteiger partial charge in [-0.05, 0) is 13.0 Å². The minimum Gasteiger partial charge on any atom is -0.477 e. The Morgan fingerprint density at radius 1 is 1.69 bits per heavy atom. The molecule has 2 fully saturated rings. The molecule has 1 amide bonds. The van der Waals surface area contributed by atoms with E-state index in [1.165, 1.54) is 22.1 Å². The fourth-order valence-electron chi connectivity index (χ4n) is 1.84. The summed E-state index contributed by atoms with van der Waals surface area (Å²) in [7, 11) is 0. The number of carbonyl (C=O) groups is 2. The Morgan fingerprint density at radius 2 is 2.38 bits per heavy atom. The number of ether oxygens (including phenoxy) is 1. The van der Waals surface area contributed by atoms with Gasteiger partial charge in [-0.25, -0.2) is 4.79 Å². The van der Waals surface area contributed by atoms with Gasteiger partial charge in [0.25, 0.3) is 5.91 Å². The molecule has 3 aliphatic heterocycles. The Hall–Kier alpha value is -1.27. The van der Waals surface area contributed by atoms with Gasteiger partial charge in [-0.3, -0.25) is 9.69 Å². The van der Waals surface area contributed by atoms with Crippen LogP contribution in [0.4, 0.5) is 0 Å². The molecule has 0 aliphatic carbocycles. The van der Waals surface area contributed by atoms with Crippen LogP contribution in [0.1, 0.15) is 6.92 Å². The van der Waals surface area contributed by atoms with Gasteiger partial charge in [-0.15, -0.1) is 11.8 Å². The van der Waals surface area contributed by atoms with E-state index in [2.05, 4.69) is 0 Å². The average Bonchev–Trinajstić information content (AvgIpc) is 2.79. The Morgan fingerprint density at radius 3 is 2.94 bits per heavy atom. The summed E-state index contributed by atoms with van der Waals surface area (Å²) in [5.41, 5.74) is 0.730. The van der Waals surface area contributed by atoms with Crippen LogP contribution in [0, 0.1) is 0 Å². The first-order valence-electron chi connectivity index (χ1n) is 4.89. The minimum absolute atomic E-state index is 0.0237. The van der Waals surface area contributed by atoms with Gasteiger partial charge in [0, 0.05) is 11.0 Å². The van der Waals surface area contributed by atoms with Crippen molar-refractivity contribution in [2.24, 2.45) is 0 Å². The summed E-state index contributed by atoms with van der Waals surface area (Å²) in [4.78, 5) is 23.8. The lowest BCUT2D eigenvalue weighted by Crippen LogP contribution is -2.51. The molecule has 0 aromatic rings. The van der Waals surface area contributed by atoms with E-state index in [4.69, 9.17) is 9.84 Å². The smallest absolute Gasteiger partial charge is 0.353 e. The zero-order valence-electron chi connectivity index (χ0n) is 8.41. The van der Waals surface area contributed by atoms with E-state index in [9.17, 15) is 9.59 Å². The molecule has 3 rings (SSSR count). The van der Waals surface area contributed by atoms with Crippen LogP contribution < -0.4 is 0 Å². The molecule has 0 spiro atoms. The number of hydrogen-bond acceptors (Lipinski definition) is 4. The number of carbonyl (C=O) groups excluding carboxylic acids is 1. The molecule has 3 aliphatic rings. The third kappa shape index (κ3) is 1.23. The third-order valence-corrected chi connectivity index (χ3v) is 3.94. The highest BCUT2D eigenvalue weighted by molar-refractivity contribution is 8.03. The van der Waals surface area contributed by atoms with E-state index in [1.807, 2.05) is 6.92 Å². The maximum Gasteiger partial charge on any atom is 0.353 e. The molecular weight excluding hydrogens is 230 g/mol. The third-order valence-electron chi connectivity index (χ3n) is 2.86. The van der Waals surface area contributed by atoms with Gasteiger partial charge in [0.15, 0.2) is 0 Å². The molecule has 3 atom stereocenters. The molecule has 0 saturated carbocycles. The Labute approximate surface area is 95.7 Å². The van der Waals surface area contributed by atoms with Crippen molar-refractivity contribution >= 4 is 23.6 Å². The first-order chi connectivity index (χ1) is 7.59. The quantitative estimate of drug-likeness (QED) is 0.432. The number of thioether (sulfide) groups is 1. The van der Waals surface area contributed by atoms with Gasteiger partial charge in [0.2, 0.25) is 0 Å². The first kappa shape index (κ1) is 9.92. The summed E-state index contributed by atoms with van der Waals surface area (Å²) >= 11 is 1.35. The highest BCUT2D eigenvalue weighted by Gasteiger charge is 2.50. The number of epoxide rings is 1. The normalized spacial score (nSPS) is 38.2. The zero-order valence-corrected chi connectivity index (χ0v) is 9.23. The van der Waals surface area contributed by atoms with Gasteiger partial charge >= 0.3 is 5.97 Å². The van der Waals surface area contributed by atoms with Gasteiger partial charge in [0.05, 0.1) is 6.10 Å². The highest BCUT2D eigenvalue weighted by Crippen LogP contribution is 2.45. The molecule has 3 heterocycles. The van der Waals surface area contributed by atoms with E-state index >= 15 is 0 Å². The van der Waals surface area contributed by atoms with Crippen molar-refractivity contribution in [2.45, 2.75) is 24.5 Å². The zero-order chi connectivity index (χ0) is 11.4. The molecule has 84 valence electrons. The Balaban J connectivity index is 1.79. The number of carboxylic acids is 1. The van der Waals surface area contributed by atoms with Crippen LogP contribution >= 0.6 is 11.8 Å². The number of rotatable bonds is 2. The predicted octanol–water partition coefficient (Wildman–Crippen LogP) is 0.541. The summed E-state index contributed by atoms with van der Waals surface area (Å²) in [6, 6.07) is 0. The van der Waals surface area contributed by atoms with E-state index in [0.717, 1.165) is 0 Å². The van der Waals surface area contributed by atoms with Gasteiger partial charge in [-0.1, -0.05) is 0 Å². The standard InChI is InChI=1S/C10H9NO4S/c1-4-7(15-4)2-5-8(12)11-6(10(13)14)3-16-9(5)11/h2-4,7,9H,1H3,(H,13,14)/b5-2-. The number of carboxylic acid groups (broad SMARTS) is 1. The fraction of sp³-hybridized carbons (Fsp3) is 0.400. The molecule has 16 heavy (non-hydrogen) atoms. The van der Waals surface area contributed by atoms with Gasteiger partial charge < -0.3 is 9.84 Å². The van der Waals surface area contributed by atoms with Crippen molar-refractivity contribution < 1.29 is 19.4 Å². The summed E-state index contributed by atoms with van der Waals surface area (Å²) in [6.07, 6.45) is 2.00. The van der Waals surface area contributed by atoms with Crippen molar-refractivity contribution in [2.75, 3.05) is 0 Å². The summed E-state index contributed by atoms with van der Waals surface area (Å²) in [5.74, 6) is -1.27. The van der Waals surface area contributed by atoms with Crippen molar-refractivity contribution in [3.05, 3.63) is 22.8 Å². The van der Waals surface area contributed by atoms with E-state index in [-0.39, 0.29) is 29.2 Å². The van der Waals surface area contributed by atoms with Gasteiger partial charge in [0.1, 0.15) is 17.2 Å². The number of fused-ring (bicyclic) bond motifs is 1. The monoisotopic (exact) mass is 239 g/mol. The van der Waals surface area contributed by atoms with Crippen LogP contribution in [0.2, 0.25) is 0 Å². The number of β-lactam (4-membered cyclic amide) rings is 1. The molecular formula is C10H9NO4S. The molecule has 0 bridgehead atoms. The molecule has 6 heteroatoms. The Bertz CT molecular complexity index is 456. The van der Waals surface area contributed by atoms with Crippen molar-refractivity contribution in [3.63, 3.8) is 0 Å². The van der Waals surface area contributed by atoms with Crippen molar-refractivity contribution in [1.29, 1.82) is 0 Å². The highest BCUT2D eigenvalue weighted by atomic mass is 32.2. The molecule has 3 unspecified atom stereocenters. The summed E-state index contributed by atoms with van der Waals surface area (Å²) < 4.78 is 5.20. The number of hydrogen-bond donors (Lipinski definition) is 1. The van der Waals surface area contributed by atoms with Crippen LogP contribution in [0.25, 0.3) is 0 Å². The minimum atomic E-state index is -1.06. The summed E-state index contributed by atoms with van der Waals surface area (Å²) in [5, 5.41) is 10.2. The van der Waals surface area contributed by atoms with Crippen LogP contribution in [0.5, 0.6) is 0 Å². The number of nitrogens with zero attached hydrogens (tertiary/aromatic N) is 1. The van der Waals surface area contributed by atoms with E-state index in [1.54, 1.807) is 6.08 Å². The second-order valence-electron chi connectivity index (χ2n) is 3.90. The van der Waals surface area contributed by atoms with Crippen LogP contribution in [-0.2, 0) is 14.3 Å². The lowest BCUT2D eigenvalue weighted by Gasteiger charge is -2.37. The molecule has 2 saturated heterocycles. The predicted molar refractivity (Wildman–Crippen MR) is 56.4 cm³/mol. The molecule has 1 N–H and O–H groups in total.